The number of nitro groups is 1. The van der Waals surface area contributed by atoms with Crippen LogP contribution in [0.1, 0.15) is 38.3 Å². The molecule has 3 aromatic rings. The predicted molar refractivity (Wildman–Crippen MR) is 113 cm³/mol. The van der Waals surface area contributed by atoms with Crippen LogP contribution in [0.5, 0.6) is 11.5 Å². The number of nitro benzene ring substituents is 1. The molecule has 2 amide bonds. The van der Waals surface area contributed by atoms with Crippen LogP contribution >= 0.6 is 0 Å². The van der Waals surface area contributed by atoms with E-state index in [0.717, 1.165) is 36.0 Å². The molecule has 10 heteroatoms. The number of nitrogens with two attached hydrogens (primary N) is 1. The van der Waals surface area contributed by atoms with E-state index in [9.17, 15) is 24.5 Å². The molecule has 32 heavy (non-hydrogen) atoms. The number of benzene rings is 2. The van der Waals surface area contributed by atoms with E-state index in [-0.39, 0.29) is 34.1 Å². The van der Waals surface area contributed by atoms with Gasteiger partial charge in [0.2, 0.25) is 0 Å². The van der Waals surface area contributed by atoms with Crippen LogP contribution in [-0.2, 0) is 12.8 Å². The van der Waals surface area contributed by atoms with Crippen LogP contribution in [0.25, 0.3) is 5.69 Å². The number of aromatic nitrogens is 1. The van der Waals surface area contributed by atoms with Crippen molar-refractivity contribution in [1.82, 2.24) is 9.88 Å². The van der Waals surface area contributed by atoms with Crippen molar-refractivity contribution in [3.63, 3.8) is 0 Å². The second-order valence-corrected chi connectivity index (χ2v) is 7.60. The van der Waals surface area contributed by atoms with Gasteiger partial charge in [-0.2, -0.15) is 0 Å². The van der Waals surface area contributed by atoms with Gasteiger partial charge < -0.3 is 10.5 Å². The van der Waals surface area contributed by atoms with Gasteiger partial charge in [-0.05, 0) is 42.5 Å². The summed E-state index contributed by atoms with van der Waals surface area (Å²) in [4.78, 5) is 47.6. The highest BCUT2D eigenvalue weighted by Crippen LogP contribution is 2.33. The molecule has 10 nitrogen and oxygen atoms in total. The van der Waals surface area contributed by atoms with Crippen LogP contribution in [0, 0.1) is 10.1 Å². The maximum Gasteiger partial charge on any atom is 0.275 e. The molecule has 0 saturated heterocycles. The Morgan fingerprint density at radius 1 is 0.969 bits per heavy atom. The van der Waals surface area contributed by atoms with E-state index in [2.05, 4.69) is 5.32 Å². The molecule has 1 aliphatic carbocycles. The molecule has 0 fully saturated rings. The number of aryl methyl sites for hydroxylation is 2. The Labute approximate surface area is 180 Å². The lowest BCUT2D eigenvalue weighted by Gasteiger charge is -2.14. The van der Waals surface area contributed by atoms with Gasteiger partial charge in [0.25, 0.3) is 23.1 Å². The number of rotatable bonds is 4. The zero-order valence-corrected chi connectivity index (χ0v) is 16.6. The molecule has 1 aromatic heterocycles. The highest BCUT2D eigenvalue weighted by molar-refractivity contribution is 6.23. The molecule has 0 bridgehead atoms. The van der Waals surface area contributed by atoms with E-state index in [1.165, 1.54) is 23.3 Å². The summed E-state index contributed by atoms with van der Waals surface area (Å²) in [5.41, 5.74) is 7.18. The number of nitrogens with zero attached hydrogens (tertiary/aromatic N) is 2. The van der Waals surface area contributed by atoms with Crippen LogP contribution in [0.4, 0.5) is 11.5 Å². The molecular formula is C22H16N4O6. The Hall–Kier alpha value is -4.47. The van der Waals surface area contributed by atoms with Gasteiger partial charge in [-0.1, -0.05) is 6.07 Å². The van der Waals surface area contributed by atoms with Gasteiger partial charge in [0.05, 0.1) is 27.8 Å². The molecule has 0 saturated carbocycles. The average Bonchev–Trinajstić information content (AvgIpc) is 3.31. The van der Waals surface area contributed by atoms with Crippen molar-refractivity contribution >= 4 is 23.3 Å². The van der Waals surface area contributed by atoms with Crippen molar-refractivity contribution in [2.75, 3.05) is 5.73 Å². The second kappa shape index (κ2) is 7.05. The minimum Gasteiger partial charge on any atom is -0.457 e. The molecule has 0 radical (unpaired) electrons. The number of hydrogen-bond acceptors (Lipinski definition) is 7. The topological polar surface area (TPSA) is 147 Å². The van der Waals surface area contributed by atoms with Crippen molar-refractivity contribution in [2.45, 2.75) is 19.3 Å². The molecule has 160 valence electrons. The number of amides is 2. The van der Waals surface area contributed by atoms with Gasteiger partial charge in [0.15, 0.2) is 0 Å². The number of carbonyl (C=O) groups excluding carboxylic acids is 2. The molecule has 0 spiro atoms. The van der Waals surface area contributed by atoms with E-state index in [1.807, 2.05) is 12.1 Å². The van der Waals surface area contributed by atoms with Gasteiger partial charge in [-0.3, -0.25) is 34.4 Å². The van der Waals surface area contributed by atoms with Gasteiger partial charge in [0, 0.05) is 18.2 Å². The van der Waals surface area contributed by atoms with Crippen LogP contribution in [0.2, 0.25) is 0 Å². The summed E-state index contributed by atoms with van der Waals surface area (Å²) in [5, 5.41) is 13.6. The molecule has 5 rings (SSSR count). The summed E-state index contributed by atoms with van der Waals surface area (Å²) >= 11 is 0. The first-order valence-electron chi connectivity index (χ1n) is 9.82. The molecule has 1 aliphatic heterocycles. The summed E-state index contributed by atoms with van der Waals surface area (Å²) in [6, 6.07) is 10.4. The monoisotopic (exact) mass is 432 g/mol. The number of nitrogens with one attached hydrogen (secondary N) is 1. The number of non-ortho nitro benzene ring substituents is 1. The van der Waals surface area contributed by atoms with Gasteiger partial charge in [0.1, 0.15) is 17.3 Å². The Bertz CT molecular complexity index is 1410. The minimum atomic E-state index is -0.740. The molecule has 2 aliphatic rings. The van der Waals surface area contributed by atoms with Crippen LogP contribution < -0.4 is 21.3 Å². The standard InChI is InChI=1S/C22H16N4O6/c23-20-19-17(21(28)24-22(19)29)10-18(27)25(20)13-7-14(26(30)31)9-16(8-13)32-15-5-4-11-2-1-3-12(11)6-15/h4-10H,1-3,23H2,(H,24,28,29). The Morgan fingerprint density at radius 2 is 1.75 bits per heavy atom. The number of fused-ring (bicyclic) bond motifs is 2. The first kappa shape index (κ1) is 19.5. The van der Waals surface area contributed by atoms with E-state index in [0.29, 0.717) is 5.75 Å². The van der Waals surface area contributed by atoms with Crippen LogP contribution in [0.15, 0.2) is 47.3 Å². The highest BCUT2D eigenvalue weighted by Gasteiger charge is 2.32. The quantitative estimate of drug-likeness (QED) is 0.366. The van der Waals surface area contributed by atoms with Crippen molar-refractivity contribution < 1.29 is 19.2 Å². The van der Waals surface area contributed by atoms with Gasteiger partial charge in [-0.25, -0.2) is 0 Å². The Kier molecular flexibility index (Phi) is 4.29. The molecule has 0 atom stereocenters. The van der Waals surface area contributed by atoms with Crippen molar-refractivity contribution in [2.24, 2.45) is 0 Å². The number of carbonyl (C=O) groups is 2. The normalized spacial score (nSPS) is 14.1. The number of anilines is 1. The highest BCUT2D eigenvalue weighted by atomic mass is 16.6. The van der Waals surface area contributed by atoms with Crippen molar-refractivity contribution in [3.8, 4) is 17.2 Å². The second-order valence-electron chi connectivity index (χ2n) is 7.60. The molecule has 0 unspecified atom stereocenters. The predicted octanol–water partition coefficient (Wildman–Crippen LogP) is 2.49. The number of imide groups is 1. The number of pyridine rings is 1. The maximum absolute atomic E-state index is 12.7. The van der Waals surface area contributed by atoms with Crippen molar-refractivity contribution in [3.05, 3.63) is 85.2 Å². The number of hydrogen-bond donors (Lipinski definition) is 2. The summed E-state index contributed by atoms with van der Waals surface area (Å²) in [7, 11) is 0. The zero-order valence-electron chi connectivity index (χ0n) is 16.6. The SMILES string of the molecule is Nc1c2c(cc(=O)n1-c1cc(Oc3ccc4c(c3)CCC4)cc([N+](=O)[O-])c1)C(=O)NC2=O. The van der Waals surface area contributed by atoms with E-state index in [1.54, 1.807) is 6.07 Å². The maximum atomic E-state index is 12.7. The number of nitrogen functional groups attached to an aromatic ring is 1. The Morgan fingerprint density at radius 3 is 2.53 bits per heavy atom. The lowest BCUT2D eigenvalue weighted by atomic mass is 10.1. The lowest BCUT2D eigenvalue weighted by Crippen LogP contribution is -2.24. The van der Waals surface area contributed by atoms with Gasteiger partial charge in [-0.15, -0.1) is 0 Å². The minimum absolute atomic E-state index is 0.0350. The fraction of sp³-hybridized carbons (Fsp3) is 0.136. The smallest absolute Gasteiger partial charge is 0.275 e. The van der Waals surface area contributed by atoms with Gasteiger partial charge >= 0.3 is 0 Å². The van der Waals surface area contributed by atoms with E-state index < -0.39 is 22.3 Å². The number of ether oxygens (including phenoxy) is 1. The summed E-state index contributed by atoms with van der Waals surface area (Å²) in [6.07, 6.45) is 3.01. The molecule has 2 heterocycles. The summed E-state index contributed by atoms with van der Waals surface area (Å²) in [5.74, 6) is -1.12. The van der Waals surface area contributed by atoms with E-state index >= 15 is 0 Å². The fourth-order valence-corrected chi connectivity index (χ4v) is 4.15. The third kappa shape index (κ3) is 3.09. The van der Waals surface area contributed by atoms with Crippen LogP contribution in [-0.4, -0.2) is 21.3 Å². The Balaban J connectivity index is 1.63. The van der Waals surface area contributed by atoms with Crippen molar-refractivity contribution in [1.29, 1.82) is 0 Å². The summed E-state index contributed by atoms with van der Waals surface area (Å²) < 4.78 is 6.82. The zero-order chi connectivity index (χ0) is 22.6. The molecule has 3 N–H and O–H groups in total. The summed E-state index contributed by atoms with van der Waals surface area (Å²) in [6.45, 7) is 0. The first-order chi connectivity index (χ1) is 15.3. The van der Waals surface area contributed by atoms with E-state index in [4.69, 9.17) is 10.5 Å². The molecule has 2 aromatic carbocycles. The van der Waals surface area contributed by atoms with Crippen LogP contribution in [0.3, 0.4) is 0 Å². The molecular weight excluding hydrogens is 416 g/mol. The first-order valence-corrected chi connectivity index (χ1v) is 9.82. The largest absolute Gasteiger partial charge is 0.457 e. The fourth-order valence-electron chi connectivity index (χ4n) is 4.15. The third-order valence-electron chi connectivity index (χ3n) is 5.60. The average molecular weight is 432 g/mol. The third-order valence-corrected chi connectivity index (χ3v) is 5.60. The lowest BCUT2D eigenvalue weighted by molar-refractivity contribution is -0.384.